The van der Waals surface area contributed by atoms with Crippen LogP contribution in [0, 0.1) is 6.92 Å². The molecule has 0 fully saturated rings. The molecule has 1 atom stereocenters. The quantitative estimate of drug-likeness (QED) is 0.779. The van der Waals surface area contributed by atoms with Crippen molar-refractivity contribution in [2.75, 3.05) is 0 Å². The first-order chi connectivity index (χ1) is 9.61. The zero-order valence-electron chi connectivity index (χ0n) is 11.5. The maximum Gasteiger partial charge on any atom is 0.204 e. The van der Waals surface area contributed by atoms with Gasteiger partial charge in [-0.1, -0.05) is 18.5 Å². The molecule has 0 bridgehead atoms. The molecule has 1 aromatic heterocycles. The Bertz CT molecular complexity index is 599. The summed E-state index contributed by atoms with van der Waals surface area (Å²) in [6, 6.07) is 8.85. The first kappa shape index (κ1) is 14.5. The number of pyridine rings is 1. The number of carbonyl (C=O) groups is 1. The lowest BCUT2D eigenvalue weighted by atomic mass is 10.1. The number of rotatable bonds is 5. The molecule has 3 nitrogen and oxygen atoms in total. The van der Waals surface area contributed by atoms with Crippen LogP contribution in [0.25, 0.3) is 0 Å². The first-order valence-electron chi connectivity index (χ1n) is 6.49. The van der Waals surface area contributed by atoms with Crippen molar-refractivity contribution >= 4 is 17.4 Å². The maximum absolute atomic E-state index is 12.4. The number of ketones is 1. The minimum atomic E-state index is -0.515. The molecule has 0 saturated carbocycles. The first-order valence-corrected chi connectivity index (χ1v) is 6.86. The molecule has 0 spiro atoms. The number of halogens is 1. The number of carbonyl (C=O) groups excluding carboxylic acids is 1. The minimum absolute atomic E-state index is 0.0602. The highest BCUT2D eigenvalue weighted by atomic mass is 35.5. The van der Waals surface area contributed by atoms with Crippen molar-refractivity contribution in [2.24, 2.45) is 0 Å². The van der Waals surface area contributed by atoms with E-state index < -0.39 is 6.10 Å². The Morgan fingerprint density at radius 2 is 2.20 bits per heavy atom. The van der Waals surface area contributed by atoms with E-state index in [0.717, 1.165) is 5.56 Å². The Balaban J connectivity index is 2.19. The molecular formula is C16H16ClNO2. The summed E-state index contributed by atoms with van der Waals surface area (Å²) in [6.45, 7) is 3.83. The van der Waals surface area contributed by atoms with Crippen LogP contribution in [0.5, 0.6) is 5.75 Å². The molecule has 0 amide bonds. The summed E-state index contributed by atoms with van der Waals surface area (Å²) in [6.07, 6.45) is 3.28. The van der Waals surface area contributed by atoms with E-state index in [-0.39, 0.29) is 5.78 Å². The molecule has 1 aromatic carbocycles. The van der Waals surface area contributed by atoms with Gasteiger partial charge < -0.3 is 4.74 Å². The summed E-state index contributed by atoms with van der Waals surface area (Å²) < 4.78 is 5.83. The molecule has 0 aliphatic rings. The highest BCUT2D eigenvalue weighted by molar-refractivity contribution is 6.30. The topological polar surface area (TPSA) is 39.2 Å². The van der Waals surface area contributed by atoms with Gasteiger partial charge in [-0.15, -0.1) is 0 Å². The molecule has 2 aromatic rings. The van der Waals surface area contributed by atoms with Gasteiger partial charge in [0, 0.05) is 23.0 Å². The smallest absolute Gasteiger partial charge is 0.204 e. The number of benzene rings is 1. The zero-order valence-corrected chi connectivity index (χ0v) is 12.2. The van der Waals surface area contributed by atoms with E-state index in [1.165, 1.54) is 0 Å². The molecule has 20 heavy (non-hydrogen) atoms. The maximum atomic E-state index is 12.4. The lowest BCUT2D eigenvalue weighted by Gasteiger charge is -2.18. The molecule has 104 valence electrons. The molecule has 2 rings (SSSR count). The Kier molecular flexibility index (Phi) is 4.74. The van der Waals surface area contributed by atoms with E-state index >= 15 is 0 Å². The van der Waals surface area contributed by atoms with Gasteiger partial charge in [0.1, 0.15) is 5.75 Å². The fourth-order valence-corrected chi connectivity index (χ4v) is 2.14. The van der Waals surface area contributed by atoms with Gasteiger partial charge in [-0.05, 0) is 49.2 Å². The highest BCUT2D eigenvalue weighted by Gasteiger charge is 2.20. The van der Waals surface area contributed by atoms with Crippen LogP contribution >= 0.6 is 11.6 Å². The fraction of sp³-hybridized carbons (Fsp3) is 0.250. The lowest BCUT2D eigenvalue weighted by molar-refractivity contribution is 0.0785. The van der Waals surface area contributed by atoms with Gasteiger partial charge in [0.05, 0.1) is 0 Å². The summed E-state index contributed by atoms with van der Waals surface area (Å²) in [5.74, 6) is 0.619. The molecule has 1 unspecified atom stereocenters. The van der Waals surface area contributed by atoms with Crippen molar-refractivity contribution in [3.05, 3.63) is 58.9 Å². The van der Waals surface area contributed by atoms with E-state index in [4.69, 9.17) is 16.3 Å². The molecule has 1 heterocycles. The Morgan fingerprint density at radius 3 is 2.80 bits per heavy atom. The van der Waals surface area contributed by atoms with Crippen LogP contribution in [0.4, 0.5) is 0 Å². The van der Waals surface area contributed by atoms with Crippen molar-refractivity contribution in [1.82, 2.24) is 4.98 Å². The summed E-state index contributed by atoms with van der Waals surface area (Å²) in [5, 5.41) is 0.654. The van der Waals surface area contributed by atoms with Crippen LogP contribution in [-0.4, -0.2) is 16.9 Å². The second kappa shape index (κ2) is 6.53. The second-order valence-electron chi connectivity index (χ2n) is 4.53. The van der Waals surface area contributed by atoms with Gasteiger partial charge in [0.25, 0.3) is 0 Å². The Morgan fingerprint density at radius 1 is 1.40 bits per heavy atom. The predicted octanol–water partition coefficient (Wildman–Crippen LogP) is 4.08. The van der Waals surface area contributed by atoms with Crippen molar-refractivity contribution in [3.63, 3.8) is 0 Å². The van der Waals surface area contributed by atoms with E-state index in [1.807, 2.05) is 19.9 Å². The zero-order chi connectivity index (χ0) is 14.5. The third-order valence-electron chi connectivity index (χ3n) is 3.02. The van der Waals surface area contributed by atoms with Gasteiger partial charge in [-0.25, -0.2) is 0 Å². The monoisotopic (exact) mass is 289 g/mol. The largest absolute Gasteiger partial charge is 0.482 e. The molecule has 0 N–H and O–H groups in total. The molecule has 0 aliphatic carbocycles. The van der Waals surface area contributed by atoms with Gasteiger partial charge in [0.2, 0.25) is 5.78 Å². The van der Waals surface area contributed by atoms with Crippen molar-refractivity contribution in [1.29, 1.82) is 0 Å². The highest BCUT2D eigenvalue weighted by Crippen LogP contribution is 2.24. The van der Waals surface area contributed by atoms with E-state index in [0.29, 0.717) is 22.8 Å². The van der Waals surface area contributed by atoms with E-state index in [2.05, 4.69) is 4.98 Å². The minimum Gasteiger partial charge on any atom is -0.482 e. The molecule has 0 aliphatic heterocycles. The van der Waals surface area contributed by atoms with Crippen molar-refractivity contribution < 1.29 is 9.53 Å². The molecular weight excluding hydrogens is 274 g/mol. The number of ether oxygens (including phenoxy) is 1. The summed E-state index contributed by atoms with van der Waals surface area (Å²) in [5.41, 5.74) is 1.47. The third kappa shape index (κ3) is 3.36. The number of hydrogen-bond acceptors (Lipinski definition) is 3. The molecule has 0 saturated heterocycles. The SMILES string of the molecule is CCC(Oc1ccc(Cl)cc1C)C(=O)c1cccnc1. The van der Waals surface area contributed by atoms with Crippen LogP contribution in [0.15, 0.2) is 42.7 Å². The van der Waals surface area contributed by atoms with Gasteiger partial charge in [-0.3, -0.25) is 9.78 Å². The Hall–Kier alpha value is -1.87. The molecule has 0 radical (unpaired) electrons. The van der Waals surface area contributed by atoms with Gasteiger partial charge in [0.15, 0.2) is 6.10 Å². The molecule has 4 heteroatoms. The van der Waals surface area contributed by atoms with Crippen LogP contribution in [0.3, 0.4) is 0 Å². The number of Topliss-reactive ketones (excluding diaryl/α,β-unsaturated/α-hetero) is 1. The normalized spacial score (nSPS) is 11.9. The fourth-order valence-electron chi connectivity index (χ4n) is 1.91. The van der Waals surface area contributed by atoms with E-state index in [9.17, 15) is 4.79 Å². The average molecular weight is 290 g/mol. The van der Waals surface area contributed by atoms with Crippen LogP contribution in [0.2, 0.25) is 5.02 Å². The van der Waals surface area contributed by atoms with Crippen LogP contribution in [-0.2, 0) is 0 Å². The van der Waals surface area contributed by atoms with E-state index in [1.54, 1.807) is 36.7 Å². The summed E-state index contributed by atoms with van der Waals surface area (Å²) in [4.78, 5) is 16.3. The van der Waals surface area contributed by atoms with Crippen molar-refractivity contribution in [3.8, 4) is 5.75 Å². The van der Waals surface area contributed by atoms with Gasteiger partial charge in [-0.2, -0.15) is 0 Å². The third-order valence-corrected chi connectivity index (χ3v) is 3.25. The number of aromatic nitrogens is 1. The van der Waals surface area contributed by atoms with Gasteiger partial charge >= 0.3 is 0 Å². The average Bonchev–Trinajstić information content (AvgIpc) is 2.47. The van der Waals surface area contributed by atoms with Crippen LogP contribution in [0.1, 0.15) is 29.3 Å². The summed E-state index contributed by atoms with van der Waals surface area (Å²) in [7, 11) is 0. The number of hydrogen-bond donors (Lipinski definition) is 0. The second-order valence-corrected chi connectivity index (χ2v) is 4.97. The number of nitrogens with zero attached hydrogens (tertiary/aromatic N) is 1. The standard InChI is InChI=1S/C16H16ClNO2/c1-3-14(16(19)12-5-4-8-18-10-12)20-15-7-6-13(17)9-11(15)2/h4-10,14H,3H2,1-2H3. The predicted molar refractivity (Wildman–Crippen MR) is 79.5 cm³/mol. The van der Waals surface area contributed by atoms with Crippen molar-refractivity contribution in [2.45, 2.75) is 26.4 Å². The Labute approximate surface area is 123 Å². The lowest BCUT2D eigenvalue weighted by Crippen LogP contribution is -2.27. The number of aryl methyl sites for hydroxylation is 1. The summed E-state index contributed by atoms with van der Waals surface area (Å²) >= 11 is 5.92. The van der Waals surface area contributed by atoms with Crippen LogP contribution < -0.4 is 4.74 Å².